The lowest BCUT2D eigenvalue weighted by molar-refractivity contribution is -0.384. The maximum Gasteiger partial charge on any atom is 0.323 e. The summed E-state index contributed by atoms with van der Waals surface area (Å²) in [5.41, 5.74) is 0.0835. The van der Waals surface area contributed by atoms with E-state index in [1.807, 2.05) is 6.92 Å². The number of amides is 1. The van der Waals surface area contributed by atoms with Crippen LogP contribution < -0.4 is 0 Å². The van der Waals surface area contributed by atoms with E-state index in [-0.39, 0.29) is 23.5 Å². The largest absolute Gasteiger partial charge is 0.480 e. The van der Waals surface area contributed by atoms with Crippen molar-refractivity contribution < 1.29 is 19.6 Å². The van der Waals surface area contributed by atoms with E-state index in [1.54, 1.807) is 6.20 Å². The van der Waals surface area contributed by atoms with Crippen LogP contribution in [0.15, 0.2) is 36.9 Å². The van der Waals surface area contributed by atoms with E-state index in [9.17, 15) is 19.7 Å². The molecule has 2 aromatic rings. The van der Waals surface area contributed by atoms with Crippen molar-refractivity contribution in [3.8, 4) is 5.69 Å². The van der Waals surface area contributed by atoms with Crippen molar-refractivity contribution in [3.63, 3.8) is 0 Å². The molecule has 126 valence electrons. The summed E-state index contributed by atoms with van der Waals surface area (Å²) in [6, 6.07) is 4.04. The lowest BCUT2D eigenvalue weighted by Crippen LogP contribution is -2.36. The number of aromatic nitrogens is 2. The van der Waals surface area contributed by atoms with Gasteiger partial charge in [0.25, 0.3) is 11.6 Å². The molecular weight excluding hydrogens is 316 g/mol. The van der Waals surface area contributed by atoms with Crippen LogP contribution in [-0.2, 0) is 4.79 Å². The summed E-state index contributed by atoms with van der Waals surface area (Å²) in [4.78, 5) is 39.1. The van der Waals surface area contributed by atoms with Gasteiger partial charge in [0.05, 0.1) is 11.3 Å². The molecule has 0 bridgehead atoms. The SMILES string of the molecule is CCCN(CC(=O)O)C(=O)c1ccc(-n2ccnc2)c([N+](=O)[O-])c1. The van der Waals surface area contributed by atoms with E-state index in [4.69, 9.17) is 5.11 Å². The molecule has 0 saturated carbocycles. The van der Waals surface area contributed by atoms with E-state index >= 15 is 0 Å². The Balaban J connectivity index is 2.40. The molecule has 0 spiro atoms. The van der Waals surface area contributed by atoms with Crippen LogP contribution in [0.2, 0.25) is 0 Å². The van der Waals surface area contributed by atoms with Crippen LogP contribution in [0.4, 0.5) is 5.69 Å². The van der Waals surface area contributed by atoms with Crippen molar-refractivity contribution in [3.05, 3.63) is 52.6 Å². The van der Waals surface area contributed by atoms with Crippen molar-refractivity contribution in [1.82, 2.24) is 14.5 Å². The Bertz CT molecular complexity index is 757. The number of hydrogen-bond acceptors (Lipinski definition) is 5. The zero-order valence-electron chi connectivity index (χ0n) is 13.0. The maximum atomic E-state index is 12.5. The number of carbonyl (C=O) groups is 2. The molecule has 2 rings (SSSR count). The second kappa shape index (κ2) is 7.36. The average molecular weight is 332 g/mol. The first-order chi connectivity index (χ1) is 11.4. The third-order valence-electron chi connectivity index (χ3n) is 3.31. The number of rotatable bonds is 7. The molecule has 1 aromatic heterocycles. The third kappa shape index (κ3) is 3.75. The lowest BCUT2D eigenvalue weighted by Gasteiger charge is -2.20. The molecule has 0 saturated heterocycles. The van der Waals surface area contributed by atoms with Gasteiger partial charge in [0, 0.05) is 30.6 Å². The standard InChI is InChI=1S/C15H16N4O5/c1-2-6-17(9-14(20)21)15(22)11-3-4-12(13(8-11)19(23)24)18-7-5-16-10-18/h3-5,7-8,10H,2,6,9H2,1H3,(H,20,21). The first-order valence-corrected chi connectivity index (χ1v) is 7.22. The minimum Gasteiger partial charge on any atom is -0.480 e. The number of hydrogen-bond donors (Lipinski definition) is 1. The molecule has 9 heteroatoms. The molecule has 0 unspecified atom stereocenters. The summed E-state index contributed by atoms with van der Waals surface area (Å²) in [6.07, 6.45) is 5.03. The van der Waals surface area contributed by atoms with Crippen LogP contribution in [0.25, 0.3) is 5.69 Å². The van der Waals surface area contributed by atoms with E-state index in [0.717, 1.165) is 11.0 Å². The molecule has 0 aliphatic rings. The zero-order chi connectivity index (χ0) is 17.7. The molecule has 0 fully saturated rings. The number of carboxylic acid groups (broad SMARTS) is 1. The fraction of sp³-hybridized carbons (Fsp3) is 0.267. The fourth-order valence-electron chi connectivity index (χ4n) is 2.29. The Morgan fingerprint density at radius 2 is 2.17 bits per heavy atom. The van der Waals surface area contributed by atoms with Gasteiger partial charge in [-0.15, -0.1) is 0 Å². The van der Waals surface area contributed by atoms with Gasteiger partial charge in [-0.1, -0.05) is 6.92 Å². The maximum absolute atomic E-state index is 12.5. The highest BCUT2D eigenvalue weighted by Crippen LogP contribution is 2.24. The van der Waals surface area contributed by atoms with Gasteiger partial charge in [-0.2, -0.15) is 0 Å². The number of nitro benzene ring substituents is 1. The van der Waals surface area contributed by atoms with Crippen molar-refractivity contribution in [1.29, 1.82) is 0 Å². The highest BCUT2D eigenvalue weighted by atomic mass is 16.6. The molecule has 1 aromatic carbocycles. The van der Waals surface area contributed by atoms with Crippen LogP contribution >= 0.6 is 0 Å². The zero-order valence-corrected chi connectivity index (χ0v) is 13.0. The number of benzene rings is 1. The summed E-state index contributed by atoms with van der Waals surface area (Å²) in [5.74, 6) is -1.69. The van der Waals surface area contributed by atoms with Crippen LogP contribution in [0.1, 0.15) is 23.7 Å². The third-order valence-corrected chi connectivity index (χ3v) is 3.31. The highest BCUT2D eigenvalue weighted by Gasteiger charge is 2.22. The van der Waals surface area contributed by atoms with E-state index < -0.39 is 23.3 Å². The van der Waals surface area contributed by atoms with Crippen molar-refractivity contribution in [2.24, 2.45) is 0 Å². The summed E-state index contributed by atoms with van der Waals surface area (Å²) in [6.45, 7) is 1.61. The summed E-state index contributed by atoms with van der Waals surface area (Å²) < 4.78 is 1.47. The molecular formula is C15H16N4O5. The minimum atomic E-state index is -1.14. The molecule has 1 heterocycles. The molecule has 24 heavy (non-hydrogen) atoms. The number of nitro groups is 1. The van der Waals surface area contributed by atoms with Gasteiger partial charge in [-0.3, -0.25) is 19.7 Å². The first kappa shape index (κ1) is 17.1. The summed E-state index contributed by atoms with van der Waals surface area (Å²) >= 11 is 0. The van der Waals surface area contributed by atoms with E-state index in [1.165, 1.54) is 29.2 Å². The Hall–Kier alpha value is -3.23. The van der Waals surface area contributed by atoms with Crippen LogP contribution in [0, 0.1) is 10.1 Å². The predicted octanol–water partition coefficient (Wildman–Crippen LogP) is 1.72. The predicted molar refractivity (Wildman–Crippen MR) is 84.0 cm³/mol. The lowest BCUT2D eigenvalue weighted by atomic mass is 10.1. The van der Waals surface area contributed by atoms with Crippen LogP contribution in [0.3, 0.4) is 0 Å². The molecule has 1 amide bonds. The van der Waals surface area contributed by atoms with Crippen molar-refractivity contribution >= 4 is 17.6 Å². The second-order valence-corrected chi connectivity index (χ2v) is 5.05. The summed E-state index contributed by atoms with van der Waals surface area (Å²) in [5, 5.41) is 20.2. The number of carboxylic acids is 1. The monoisotopic (exact) mass is 332 g/mol. The number of carbonyl (C=O) groups excluding carboxylic acids is 1. The van der Waals surface area contributed by atoms with Gasteiger partial charge >= 0.3 is 5.97 Å². The van der Waals surface area contributed by atoms with Crippen LogP contribution in [-0.4, -0.2) is 49.4 Å². The Morgan fingerprint density at radius 1 is 1.42 bits per heavy atom. The topological polar surface area (TPSA) is 119 Å². The molecule has 9 nitrogen and oxygen atoms in total. The number of aliphatic carboxylic acids is 1. The highest BCUT2D eigenvalue weighted by molar-refractivity contribution is 5.96. The van der Waals surface area contributed by atoms with Crippen molar-refractivity contribution in [2.75, 3.05) is 13.1 Å². The van der Waals surface area contributed by atoms with E-state index in [2.05, 4.69) is 4.98 Å². The first-order valence-electron chi connectivity index (χ1n) is 7.22. The molecule has 0 atom stereocenters. The smallest absolute Gasteiger partial charge is 0.323 e. The minimum absolute atomic E-state index is 0.0697. The fourth-order valence-corrected chi connectivity index (χ4v) is 2.29. The van der Waals surface area contributed by atoms with Gasteiger partial charge < -0.3 is 14.6 Å². The van der Waals surface area contributed by atoms with Crippen molar-refractivity contribution in [2.45, 2.75) is 13.3 Å². The Morgan fingerprint density at radius 3 is 2.71 bits per heavy atom. The van der Waals surface area contributed by atoms with E-state index in [0.29, 0.717) is 6.42 Å². The van der Waals surface area contributed by atoms with Gasteiger partial charge in [-0.05, 0) is 18.6 Å². The molecule has 0 aliphatic carbocycles. The Labute approximate surface area is 137 Å². The average Bonchev–Trinajstić information content (AvgIpc) is 3.07. The second-order valence-electron chi connectivity index (χ2n) is 5.05. The summed E-state index contributed by atoms with van der Waals surface area (Å²) in [7, 11) is 0. The normalized spacial score (nSPS) is 10.4. The molecule has 1 N–H and O–H groups in total. The quantitative estimate of drug-likeness (QED) is 0.609. The molecule has 0 aliphatic heterocycles. The number of imidazole rings is 1. The molecule has 0 radical (unpaired) electrons. The van der Waals surface area contributed by atoms with Crippen LogP contribution in [0.5, 0.6) is 0 Å². The van der Waals surface area contributed by atoms with Gasteiger partial charge in [0.15, 0.2) is 0 Å². The Kier molecular flexibility index (Phi) is 5.25. The van der Waals surface area contributed by atoms with Gasteiger partial charge in [-0.25, -0.2) is 4.98 Å². The number of nitrogens with zero attached hydrogens (tertiary/aromatic N) is 4. The van der Waals surface area contributed by atoms with Gasteiger partial charge in [0.2, 0.25) is 0 Å². The van der Waals surface area contributed by atoms with Gasteiger partial charge in [0.1, 0.15) is 12.2 Å².